The molecular formula is C20H29N3O2. The van der Waals surface area contributed by atoms with Crippen LogP contribution in [0.3, 0.4) is 0 Å². The van der Waals surface area contributed by atoms with Gasteiger partial charge in [0.2, 0.25) is 0 Å². The molecule has 0 amide bonds. The van der Waals surface area contributed by atoms with E-state index in [4.69, 9.17) is 5.11 Å². The number of rotatable bonds is 6. The van der Waals surface area contributed by atoms with Gasteiger partial charge in [0.05, 0.1) is 24.9 Å². The highest BCUT2D eigenvalue weighted by Gasteiger charge is 2.27. The summed E-state index contributed by atoms with van der Waals surface area (Å²) in [4.78, 5) is 2.45. The lowest BCUT2D eigenvalue weighted by atomic mass is 9.87. The SMILES string of the molecule is Cc1nn(CCO)c(C)c1CN1CCC(C(O)c2ccccc2)CC1. The van der Waals surface area contributed by atoms with Crippen molar-refractivity contribution in [3.8, 4) is 0 Å². The molecule has 2 aromatic rings. The van der Waals surface area contributed by atoms with Gasteiger partial charge in [0.1, 0.15) is 0 Å². The molecule has 2 heterocycles. The zero-order valence-electron chi connectivity index (χ0n) is 15.2. The second kappa shape index (κ2) is 8.13. The Balaban J connectivity index is 1.58. The second-order valence-electron chi connectivity index (χ2n) is 7.07. The zero-order chi connectivity index (χ0) is 17.8. The van der Waals surface area contributed by atoms with Crippen molar-refractivity contribution < 1.29 is 10.2 Å². The van der Waals surface area contributed by atoms with Gasteiger partial charge in [-0.3, -0.25) is 9.58 Å². The van der Waals surface area contributed by atoms with E-state index in [0.717, 1.165) is 49.4 Å². The van der Waals surface area contributed by atoms with E-state index < -0.39 is 0 Å². The van der Waals surface area contributed by atoms with Crippen molar-refractivity contribution in [2.24, 2.45) is 5.92 Å². The predicted octanol–water partition coefficient (Wildman–Crippen LogP) is 2.44. The smallest absolute Gasteiger partial charge is 0.0819 e. The van der Waals surface area contributed by atoms with E-state index >= 15 is 0 Å². The van der Waals surface area contributed by atoms with Crippen molar-refractivity contribution in [1.29, 1.82) is 0 Å². The summed E-state index contributed by atoms with van der Waals surface area (Å²) in [5.41, 5.74) is 4.50. The van der Waals surface area contributed by atoms with Gasteiger partial charge in [-0.05, 0) is 51.3 Å². The highest BCUT2D eigenvalue weighted by Crippen LogP contribution is 2.31. The minimum absolute atomic E-state index is 0.115. The first kappa shape index (κ1) is 18.1. The van der Waals surface area contributed by atoms with E-state index in [0.29, 0.717) is 12.5 Å². The van der Waals surface area contributed by atoms with E-state index in [-0.39, 0.29) is 12.7 Å². The van der Waals surface area contributed by atoms with Gasteiger partial charge in [-0.15, -0.1) is 0 Å². The molecule has 1 aromatic heterocycles. The van der Waals surface area contributed by atoms with Crippen LogP contribution in [0.15, 0.2) is 30.3 Å². The molecule has 136 valence electrons. The van der Waals surface area contributed by atoms with Crippen molar-refractivity contribution in [2.45, 2.75) is 45.9 Å². The van der Waals surface area contributed by atoms with Gasteiger partial charge in [0, 0.05) is 17.8 Å². The third-order valence-electron chi connectivity index (χ3n) is 5.44. The number of aryl methyl sites for hydroxylation is 1. The fraction of sp³-hybridized carbons (Fsp3) is 0.550. The lowest BCUT2D eigenvalue weighted by molar-refractivity contribution is 0.0566. The molecular weight excluding hydrogens is 314 g/mol. The fourth-order valence-corrected chi connectivity index (χ4v) is 3.85. The number of benzene rings is 1. The molecule has 1 unspecified atom stereocenters. The topological polar surface area (TPSA) is 61.5 Å². The Labute approximate surface area is 149 Å². The minimum atomic E-state index is -0.362. The van der Waals surface area contributed by atoms with Gasteiger partial charge < -0.3 is 10.2 Å². The molecule has 3 rings (SSSR count). The molecule has 2 N–H and O–H groups in total. The Bertz CT molecular complexity index is 676. The Hall–Kier alpha value is -1.69. The Kier molecular flexibility index (Phi) is 5.89. The monoisotopic (exact) mass is 343 g/mol. The molecule has 1 aliphatic heterocycles. The summed E-state index contributed by atoms with van der Waals surface area (Å²) < 4.78 is 1.90. The summed E-state index contributed by atoms with van der Waals surface area (Å²) in [5, 5.41) is 24.3. The number of hydrogen-bond donors (Lipinski definition) is 2. The lowest BCUT2D eigenvalue weighted by Crippen LogP contribution is -2.35. The number of nitrogens with zero attached hydrogens (tertiary/aromatic N) is 3. The second-order valence-corrected chi connectivity index (χ2v) is 7.07. The molecule has 1 aliphatic rings. The molecule has 25 heavy (non-hydrogen) atoms. The standard InChI is InChI=1S/C20H29N3O2/c1-15-19(16(2)23(21-15)12-13-24)14-22-10-8-18(9-11-22)20(25)17-6-4-3-5-7-17/h3-7,18,20,24-25H,8-14H2,1-2H3. The normalized spacial score (nSPS) is 17.8. The maximum Gasteiger partial charge on any atom is 0.0819 e. The third-order valence-corrected chi connectivity index (χ3v) is 5.44. The van der Waals surface area contributed by atoms with Crippen LogP contribution in [0.25, 0.3) is 0 Å². The van der Waals surface area contributed by atoms with Crippen molar-refractivity contribution in [1.82, 2.24) is 14.7 Å². The molecule has 0 radical (unpaired) electrons. The summed E-state index contributed by atoms with van der Waals surface area (Å²) >= 11 is 0. The molecule has 1 saturated heterocycles. The average Bonchev–Trinajstić information content (AvgIpc) is 2.90. The molecule has 1 aromatic carbocycles. The maximum atomic E-state index is 10.6. The zero-order valence-corrected chi connectivity index (χ0v) is 15.2. The van der Waals surface area contributed by atoms with Gasteiger partial charge in [0.25, 0.3) is 0 Å². The van der Waals surface area contributed by atoms with Crippen LogP contribution < -0.4 is 0 Å². The van der Waals surface area contributed by atoms with Gasteiger partial charge in [-0.25, -0.2) is 0 Å². The molecule has 1 fully saturated rings. The van der Waals surface area contributed by atoms with Crippen molar-refractivity contribution in [3.05, 3.63) is 52.8 Å². The molecule has 0 aliphatic carbocycles. The lowest BCUT2D eigenvalue weighted by Gasteiger charge is -2.34. The fourth-order valence-electron chi connectivity index (χ4n) is 3.85. The number of piperidine rings is 1. The highest BCUT2D eigenvalue weighted by atomic mass is 16.3. The van der Waals surface area contributed by atoms with Crippen LogP contribution in [-0.4, -0.2) is 44.6 Å². The first-order chi connectivity index (χ1) is 12.1. The third kappa shape index (κ3) is 4.11. The van der Waals surface area contributed by atoms with E-state index in [2.05, 4.69) is 16.9 Å². The molecule has 0 saturated carbocycles. The molecule has 0 bridgehead atoms. The Morgan fingerprint density at radius 2 is 1.84 bits per heavy atom. The maximum absolute atomic E-state index is 10.6. The summed E-state index contributed by atoms with van der Waals surface area (Å²) in [6.07, 6.45) is 1.66. The predicted molar refractivity (Wildman–Crippen MR) is 98.2 cm³/mol. The summed E-state index contributed by atoms with van der Waals surface area (Å²) in [5.74, 6) is 0.331. The number of likely N-dealkylation sites (tertiary alicyclic amines) is 1. The van der Waals surface area contributed by atoms with Gasteiger partial charge >= 0.3 is 0 Å². The molecule has 0 spiro atoms. The van der Waals surface area contributed by atoms with Crippen LogP contribution in [0.1, 0.15) is 41.5 Å². The van der Waals surface area contributed by atoms with E-state index in [1.165, 1.54) is 5.56 Å². The van der Waals surface area contributed by atoms with Crippen LogP contribution in [0.2, 0.25) is 0 Å². The van der Waals surface area contributed by atoms with Crippen LogP contribution in [0, 0.1) is 19.8 Å². The summed E-state index contributed by atoms with van der Waals surface area (Å²) in [6.45, 7) is 7.69. The first-order valence-electron chi connectivity index (χ1n) is 9.19. The van der Waals surface area contributed by atoms with E-state index in [1.54, 1.807) is 0 Å². The summed E-state index contributed by atoms with van der Waals surface area (Å²) in [7, 11) is 0. The van der Waals surface area contributed by atoms with Crippen LogP contribution in [-0.2, 0) is 13.1 Å². The Morgan fingerprint density at radius 3 is 2.48 bits per heavy atom. The van der Waals surface area contributed by atoms with Crippen molar-refractivity contribution in [3.63, 3.8) is 0 Å². The summed E-state index contributed by atoms with van der Waals surface area (Å²) in [6, 6.07) is 9.99. The van der Waals surface area contributed by atoms with Gasteiger partial charge in [-0.1, -0.05) is 30.3 Å². The molecule has 5 heteroatoms. The van der Waals surface area contributed by atoms with E-state index in [9.17, 15) is 5.11 Å². The molecule has 1 atom stereocenters. The number of aliphatic hydroxyl groups is 2. The van der Waals surface area contributed by atoms with Crippen LogP contribution in [0.5, 0.6) is 0 Å². The highest BCUT2D eigenvalue weighted by molar-refractivity contribution is 5.24. The molecule has 5 nitrogen and oxygen atoms in total. The van der Waals surface area contributed by atoms with Crippen molar-refractivity contribution in [2.75, 3.05) is 19.7 Å². The van der Waals surface area contributed by atoms with Crippen LogP contribution in [0.4, 0.5) is 0 Å². The number of hydrogen-bond acceptors (Lipinski definition) is 4. The minimum Gasteiger partial charge on any atom is -0.394 e. The largest absolute Gasteiger partial charge is 0.394 e. The van der Waals surface area contributed by atoms with E-state index in [1.807, 2.05) is 41.9 Å². The first-order valence-corrected chi connectivity index (χ1v) is 9.19. The van der Waals surface area contributed by atoms with Gasteiger partial charge in [0.15, 0.2) is 0 Å². The van der Waals surface area contributed by atoms with Crippen molar-refractivity contribution >= 4 is 0 Å². The number of aliphatic hydroxyl groups excluding tert-OH is 2. The Morgan fingerprint density at radius 1 is 1.16 bits per heavy atom. The van der Waals surface area contributed by atoms with Crippen LogP contribution >= 0.6 is 0 Å². The van der Waals surface area contributed by atoms with Gasteiger partial charge in [-0.2, -0.15) is 5.10 Å². The average molecular weight is 343 g/mol. The number of aromatic nitrogens is 2. The quantitative estimate of drug-likeness (QED) is 0.846.